The molecule has 2 heterocycles. The van der Waals surface area contributed by atoms with Crippen LogP contribution in [0.3, 0.4) is 0 Å². The lowest BCUT2D eigenvalue weighted by Gasteiger charge is -2.34. The Morgan fingerprint density at radius 1 is 1.11 bits per heavy atom. The van der Waals surface area contributed by atoms with Gasteiger partial charge >= 0.3 is 0 Å². The van der Waals surface area contributed by atoms with Crippen molar-refractivity contribution in [1.82, 2.24) is 5.32 Å². The first-order chi connectivity index (χ1) is 9.20. The van der Waals surface area contributed by atoms with Crippen LogP contribution in [0.1, 0.15) is 51.4 Å². The topological polar surface area (TPSA) is 50.7 Å². The molecule has 19 heavy (non-hydrogen) atoms. The van der Waals surface area contributed by atoms with Gasteiger partial charge in [0.25, 0.3) is 0 Å². The quantitative estimate of drug-likeness (QED) is 0.817. The van der Waals surface area contributed by atoms with Gasteiger partial charge in [-0.3, -0.25) is 0 Å². The van der Waals surface area contributed by atoms with Gasteiger partial charge in [-0.2, -0.15) is 0 Å². The number of aliphatic hydroxyl groups is 1. The average Bonchev–Trinajstić information content (AvgIpc) is 2.82. The van der Waals surface area contributed by atoms with E-state index in [1.165, 1.54) is 6.42 Å². The van der Waals surface area contributed by atoms with Gasteiger partial charge in [0, 0.05) is 6.42 Å². The van der Waals surface area contributed by atoms with Crippen LogP contribution in [-0.4, -0.2) is 48.7 Å². The summed E-state index contributed by atoms with van der Waals surface area (Å²) in [4.78, 5) is 0. The third-order valence-corrected chi connectivity index (χ3v) is 5.06. The van der Waals surface area contributed by atoms with Gasteiger partial charge in [0.2, 0.25) is 0 Å². The third kappa shape index (κ3) is 3.30. The van der Waals surface area contributed by atoms with Gasteiger partial charge in [-0.25, -0.2) is 0 Å². The molecule has 1 atom stereocenters. The molecule has 1 unspecified atom stereocenters. The molecule has 0 aromatic heterocycles. The number of ether oxygens (including phenoxy) is 2. The molecular formula is C15H27NO3. The predicted octanol–water partition coefficient (Wildman–Crippen LogP) is 1.61. The SMILES string of the molecule is OC1(COC2COC3(CCNCC3)C2)CCCCC1. The lowest BCUT2D eigenvalue weighted by atomic mass is 9.85. The number of hydrogen-bond acceptors (Lipinski definition) is 4. The number of piperidine rings is 1. The molecule has 3 rings (SSSR count). The normalized spacial score (nSPS) is 33.6. The molecule has 3 fully saturated rings. The molecule has 0 radical (unpaired) electrons. The number of nitrogens with one attached hydrogen (secondary N) is 1. The van der Waals surface area contributed by atoms with E-state index in [2.05, 4.69) is 5.32 Å². The second kappa shape index (κ2) is 5.68. The maximum atomic E-state index is 10.5. The lowest BCUT2D eigenvalue weighted by molar-refractivity contribution is -0.0908. The minimum atomic E-state index is -0.567. The van der Waals surface area contributed by atoms with Crippen LogP contribution in [0.4, 0.5) is 0 Å². The van der Waals surface area contributed by atoms with Crippen LogP contribution in [0.25, 0.3) is 0 Å². The molecule has 2 N–H and O–H groups in total. The summed E-state index contributed by atoms with van der Waals surface area (Å²) >= 11 is 0. The van der Waals surface area contributed by atoms with Gasteiger partial charge < -0.3 is 19.9 Å². The molecule has 2 aliphatic heterocycles. The van der Waals surface area contributed by atoms with Gasteiger partial charge in [0.1, 0.15) is 0 Å². The van der Waals surface area contributed by atoms with E-state index in [-0.39, 0.29) is 11.7 Å². The molecule has 3 aliphatic rings. The Balaban J connectivity index is 1.46. The first kappa shape index (κ1) is 13.8. The summed E-state index contributed by atoms with van der Waals surface area (Å²) in [5.41, 5.74) is -0.507. The Bertz CT molecular complexity index is 296. The summed E-state index contributed by atoms with van der Waals surface area (Å²) < 4.78 is 12.0. The molecule has 110 valence electrons. The zero-order valence-corrected chi connectivity index (χ0v) is 11.8. The number of hydrogen-bond donors (Lipinski definition) is 2. The zero-order chi connectivity index (χ0) is 13.2. The molecule has 4 nitrogen and oxygen atoms in total. The molecular weight excluding hydrogens is 242 g/mol. The Labute approximate surface area is 115 Å². The molecule has 1 aliphatic carbocycles. The fraction of sp³-hybridized carbons (Fsp3) is 1.00. The van der Waals surface area contributed by atoms with Crippen LogP contribution in [0.15, 0.2) is 0 Å². The highest BCUT2D eigenvalue weighted by molar-refractivity contribution is 4.94. The Hall–Kier alpha value is -0.160. The first-order valence-electron chi connectivity index (χ1n) is 7.89. The second-order valence-corrected chi connectivity index (χ2v) is 6.67. The van der Waals surface area contributed by atoms with Crippen molar-refractivity contribution < 1.29 is 14.6 Å². The minimum Gasteiger partial charge on any atom is -0.387 e. The highest BCUT2D eigenvalue weighted by Gasteiger charge is 2.42. The zero-order valence-electron chi connectivity index (χ0n) is 11.8. The standard InChI is InChI=1S/C15H27NO3/c17-14(4-2-1-3-5-14)12-18-13-10-15(19-11-13)6-8-16-9-7-15/h13,16-17H,1-12H2. The van der Waals surface area contributed by atoms with Crippen LogP contribution < -0.4 is 5.32 Å². The second-order valence-electron chi connectivity index (χ2n) is 6.67. The van der Waals surface area contributed by atoms with Crippen LogP contribution in [0.5, 0.6) is 0 Å². The maximum absolute atomic E-state index is 10.5. The fourth-order valence-corrected chi connectivity index (χ4v) is 3.77. The van der Waals surface area contributed by atoms with E-state index in [0.717, 1.165) is 58.0 Å². The Morgan fingerprint density at radius 3 is 2.58 bits per heavy atom. The van der Waals surface area contributed by atoms with Gasteiger partial charge in [-0.1, -0.05) is 19.3 Å². The van der Waals surface area contributed by atoms with Crippen LogP contribution in [0, 0.1) is 0 Å². The molecule has 2 saturated heterocycles. The van der Waals surface area contributed by atoms with E-state index in [1.807, 2.05) is 0 Å². The molecule has 0 aromatic carbocycles. The first-order valence-corrected chi connectivity index (χ1v) is 7.89. The molecule has 0 bridgehead atoms. The van der Waals surface area contributed by atoms with Gasteiger partial charge in [-0.15, -0.1) is 0 Å². The van der Waals surface area contributed by atoms with Gasteiger partial charge in [0.15, 0.2) is 0 Å². The van der Waals surface area contributed by atoms with Crippen molar-refractivity contribution in [3.63, 3.8) is 0 Å². The smallest absolute Gasteiger partial charge is 0.0880 e. The van der Waals surface area contributed by atoms with Crippen molar-refractivity contribution in [2.45, 2.75) is 68.7 Å². The van der Waals surface area contributed by atoms with Crippen molar-refractivity contribution in [3.05, 3.63) is 0 Å². The van der Waals surface area contributed by atoms with Gasteiger partial charge in [0.05, 0.1) is 30.5 Å². The summed E-state index contributed by atoms with van der Waals surface area (Å²) in [6.45, 7) is 3.30. The Kier molecular flexibility index (Phi) is 4.13. The van der Waals surface area contributed by atoms with E-state index in [1.54, 1.807) is 0 Å². The molecule has 4 heteroatoms. The van der Waals surface area contributed by atoms with E-state index in [0.29, 0.717) is 13.2 Å². The summed E-state index contributed by atoms with van der Waals surface area (Å²) in [5.74, 6) is 0. The van der Waals surface area contributed by atoms with Gasteiger partial charge in [-0.05, 0) is 38.8 Å². The van der Waals surface area contributed by atoms with Crippen molar-refractivity contribution in [1.29, 1.82) is 0 Å². The van der Waals surface area contributed by atoms with Crippen molar-refractivity contribution in [2.24, 2.45) is 0 Å². The van der Waals surface area contributed by atoms with E-state index in [4.69, 9.17) is 9.47 Å². The van der Waals surface area contributed by atoms with Crippen LogP contribution in [-0.2, 0) is 9.47 Å². The summed E-state index contributed by atoms with van der Waals surface area (Å²) in [6.07, 6.45) is 8.70. The highest BCUT2D eigenvalue weighted by Crippen LogP contribution is 2.36. The minimum absolute atomic E-state index is 0.0606. The van der Waals surface area contributed by atoms with Crippen molar-refractivity contribution in [2.75, 3.05) is 26.3 Å². The average molecular weight is 269 g/mol. The number of rotatable bonds is 3. The van der Waals surface area contributed by atoms with Crippen molar-refractivity contribution >= 4 is 0 Å². The molecule has 1 spiro atoms. The molecule has 1 saturated carbocycles. The fourth-order valence-electron chi connectivity index (χ4n) is 3.77. The predicted molar refractivity (Wildman–Crippen MR) is 73.2 cm³/mol. The largest absolute Gasteiger partial charge is 0.387 e. The van der Waals surface area contributed by atoms with E-state index >= 15 is 0 Å². The summed E-state index contributed by atoms with van der Waals surface area (Å²) in [5, 5.41) is 13.8. The Morgan fingerprint density at radius 2 is 1.84 bits per heavy atom. The highest BCUT2D eigenvalue weighted by atomic mass is 16.6. The lowest BCUT2D eigenvalue weighted by Crippen LogP contribution is -2.42. The van der Waals surface area contributed by atoms with Crippen molar-refractivity contribution in [3.8, 4) is 0 Å². The molecule has 0 amide bonds. The van der Waals surface area contributed by atoms with E-state index < -0.39 is 5.60 Å². The third-order valence-electron chi connectivity index (χ3n) is 5.06. The van der Waals surface area contributed by atoms with Crippen LogP contribution in [0.2, 0.25) is 0 Å². The molecule has 0 aromatic rings. The maximum Gasteiger partial charge on any atom is 0.0880 e. The monoisotopic (exact) mass is 269 g/mol. The van der Waals surface area contributed by atoms with Crippen LogP contribution >= 0.6 is 0 Å². The summed E-state index contributed by atoms with van der Waals surface area (Å²) in [6, 6.07) is 0. The van der Waals surface area contributed by atoms with E-state index in [9.17, 15) is 5.11 Å². The summed E-state index contributed by atoms with van der Waals surface area (Å²) in [7, 11) is 0.